The Morgan fingerprint density at radius 3 is 2.50 bits per heavy atom. The molecule has 0 heterocycles. The van der Waals surface area contributed by atoms with E-state index in [1.54, 1.807) is 7.11 Å². The Labute approximate surface area is 110 Å². The van der Waals surface area contributed by atoms with Crippen LogP contribution in [-0.4, -0.2) is 13.7 Å². The van der Waals surface area contributed by atoms with E-state index >= 15 is 0 Å². The van der Waals surface area contributed by atoms with Gasteiger partial charge in [0.25, 0.3) is 0 Å². The number of hydrogen-bond donors (Lipinski definition) is 0. The van der Waals surface area contributed by atoms with Gasteiger partial charge in [-0.2, -0.15) is 0 Å². The van der Waals surface area contributed by atoms with E-state index in [0.29, 0.717) is 18.4 Å². The van der Waals surface area contributed by atoms with E-state index in [1.807, 2.05) is 26.0 Å². The van der Waals surface area contributed by atoms with Crippen LogP contribution >= 0.6 is 0 Å². The first kappa shape index (κ1) is 14.4. The van der Waals surface area contributed by atoms with Crippen LogP contribution < -0.4 is 9.47 Å². The van der Waals surface area contributed by atoms with E-state index in [-0.39, 0.29) is 0 Å². The van der Waals surface area contributed by atoms with Gasteiger partial charge >= 0.3 is 0 Å². The molecule has 0 radical (unpaired) electrons. The lowest BCUT2D eigenvalue weighted by Crippen LogP contribution is -2.05. The summed E-state index contributed by atoms with van der Waals surface area (Å²) in [4.78, 5) is 0. The van der Waals surface area contributed by atoms with Crippen LogP contribution in [0.25, 0.3) is 0 Å². The topological polar surface area (TPSA) is 18.5 Å². The lowest BCUT2D eigenvalue weighted by atomic mass is 9.89. The number of ether oxygens (including phenoxy) is 2. The quantitative estimate of drug-likeness (QED) is 0.734. The second kappa shape index (κ2) is 6.96. The molecule has 0 aliphatic rings. The molecule has 0 aliphatic heterocycles. The van der Waals surface area contributed by atoms with Gasteiger partial charge in [-0.3, -0.25) is 0 Å². The lowest BCUT2D eigenvalue weighted by Gasteiger charge is -2.17. The van der Waals surface area contributed by atoms with Gasteiger partial charge in [0, 0.05) is 5.92 Å². The Hall–Kier alpha value is -1.62. The summed E-state index contributed by atoms with van der Waals surface area (Å²) < 4.78 is 10.9. The minimum Gasteiger partial charge on any atom is -0.493 e. The van der Waals surface area contributed by atoms with Gasteiger partial charge in [0.15, 0.2) is 11.5 Å². The predicted octanol–water partition coefficient (Wildman–Crippen LogP) is 3.86. The van der Waals surface area contributed by atoms with Crippen molar-refractivity contribution in [3.8, 4) is 23.3 Å². The summed E-state index contributed by atoms with van der Waals surface area (Å²) in [7, 11) is 1.67. The Kier molecular flexibility index (Phi) is 5.58. The summed E-state index contributed by atoms with van der Waals surface area (Å²) in [6, 6.07) is 6.11. The molecule has 1 aromatic carbocycles. The third kappa shape index (κ3) is 3.43. The van der Waals surface area contributed by atoms with Crippen LogP contribution in [0.1, 0.15) is 39.2 Å². The highest BCUT2D eigenvalue weighted by molar-refractivity contribution is 5.44. The van der Waals surface area contributed by atoms with Crippen LogP contribution in [0.4, 0.5) is 0 Å². The van der Waals surface area contributed by atoms with Crippen molar-refractivity contribution in [3.63, 3.8) is 0 Å². The zero-order valence-electron chi connectivity index (χ0n) is 11.9. The number of methoxy groups -OCH3 is 1. The molecule has 0 spiro atoms. The highest BCUT2D eigenvalue weighted by Crippen LogP contribution is 2.33. The summed E-state index contributed by atoms with van der Waals surface area (Å²) in [6.45, 7) is 8.81. The normalized spacial score (nSPS) is 13.2. The van der Waals surface area contributed by atoms with Crippen LogP contribution in [0.15, 0.2) is 18.2 Å². The fraction of sp³-hybridized carbons (Fsp3) is 0.500. The molecule has 0 saturated heterocycles. The molecule has 2 atom stereocenters. The molecule has 0 amide bonds. The van der Waals surface area contributed by atoms with Gasteiger partial charge in [-0.1, -0.05) is 25.8 Å². The molecule has 18 heavy (non-hydrogen) atoms. The first-order chi connectivity index (χ1) is 8.63. The minimum absolute atomic E-state index is 0.331. The van der Waals surface area contributed by atoms with Crippen LogP contribution in [0, 0.1) is 17.8 Å². The Morgan fingerprint density at radius 2 is 1.94 bits per heavy atom. The van der Waals surface area contributed by atoms with Gasteiger partial charge in [0.1, 0.15) is 0 Å². The zero-order valence-corrected chi connectivity index (χ0v) is 11.9. The molecule has 2 nitrogen and oxygen atoms in total. The highest BCUT2D eigenvalue weighted by atomic mass is 16.5. The molecule has 0 aromatic heterocycles. The van der Waals surface area contributed by atoms with Crippen molar-refractivity contribution in [1.82, 2.24) is 0 Å². The monoisotopic (exact) mass is 246 g/mol. The maximum absolute atomic E-state index is 5.52. The first-order valence-corrected chi connectivity index (χ1v) is 6.37. The largest absolute Gasteiger partial charge is 0.493 e. The van der Waals surface area contributed by atoms with Crippen LogP contribution in [-0.2, 0) is 0 Å². The summed E-state index contributed by atoms with van der Waals surface area (Å²) >= 11 is 0. The van der Waals surface area contributed by atoms with Crippen LogP contribution in [0.5, 0.6) is 11.5 Å². The molecular weight excluding hydrogens is 224 g/mol. The van der Waals surface area contributed by atoms with Crippen molar-refractivity contribution in [3.05, 3.63) is 23.8 Å². The molecule has 98 valence electrons. The molecule has 2 heteroatoms. The first-order valence-electron chi connectivity index (χ1n) is 6.37. The van der Waals surface area contributed by atoms with Gasteiger partial charge in [0.2, 0.25) is 0 Å². The number of hydrogen-bond acceptors (Lipinski definition) is 2. The smallest absolute Gasteiger partial charge is 0.161 e. The Balaban J connectivity index is 2.99. The third-order valence-corrected chi connectivity index (χ3v) is 3.14. The maximum atomic E-state index is 5.52. The maximum Gasteiger partial charge on any atom is 0.161 e. The second-order valence-corrected chi connectivity index (χ2v) is 4.31. The van der Waals surface area contributed by atoms with E-state index in [9.17, 15) is 0 Å². The molecule has 0 saturated carbocycles. The summed E-state index contributed by atoms with van der Waals surface area (Å²) in [5.74, 6) is 8.47. The van der Waals surface area contributed by atoms with Gasteiger partial charge < -0.3 is 9.47 Å². The van der Waals surface area contributed by atoms with Crippen molar-refractivity contribution in [2.24, 2.45) is 5.92 Å². The van der Waals surface area contributed by atoms with E-state index in [2.05, 4.69) is 31.8 Å². The van der Waals surface area contributed by atoms with Crippen molar-refractivity contribution >= 4 is 0 Å². The second-order valence-electron chi connectivity index (χ2n) is 4.31. The van der Waals surface area contributed by atoms with Crippen LogP contribution in [0.3, 0.4) is 0 Å². The third-order valence-electron chi connectivity index (χ3n) is 3.14. The summed E-state index contributed by atoms with van der Waals surface area (Å²) in [5.41, 5.74) is 1.23. The van der Waals surface area contributed by atoms with Crippen molar-refractivity contribution in [1.29, 1.82) is 0 Å². The minimum atomic E-state index is 0.331. The van der Waals surface area contributed by atoms with Crippen molar-refractivity contribution < 1.29 is 9.47 Å². The fourth-order valence-corrected chi connectivity index (χ4v) is 1.88. The summed E-state index contributed by atoms with van der Waals surface area (Å²) in [5, 5.41) is 0. The fourth-order valence-electron chi connectivity index (χ4n) is 1.88. The van der Waals surface area contributed by atoms with E-state index in [4.69, 9.17) is 9.47 Å². The average Bonchev–Trinajstić information content (AvgIpc) is 2.39. The molecule has 1 aromatic rings. The zero-order chi connectivity index (χ0) is 13.5. The van der Waals surface area contributed by atoms with Gasteiger partial charge in [-0.25, -0.2) is 0 Å². The molecule has 0 aliphatic carbocycles. The van der Waals surface area contributed by atoms with Crippen molar-refractivity contribution in [2.45, 2.75) is 33.6 Å². The molecule has 2 unspecified atom stereocenters. The highest BCUT2D eigenvalue weighted by Gasteiger charge is 2.14. The van der Waals surface area contributed by atoms with Crippen molar-refractivity contribution in [2.75, 3.05) is 13.7 Å². The Morgan fingerprint density at radius 1 is 1.22 bits per heavy atom. The molecule has 0 fully saturated rings. The molecule has 1 rings (SSSR count). The standard InChI is InChI=1S/C16H22O2/c1-6-8-12(3)13(4)14-9-10-15(18-7-2)16(11-14)17-5/h9-13H,7H2,1-5H3. The predicted molar refractivity (Wildman–Crippen MR) is 75.2 cm³/mol. The number of rotatable bonds is 5. The van der Waals surface area contributed by atoms with E-state index in [0.717, 1.165) is 11.5 Å². The Bertz CT molecular complexity index is 440. The van der Waals surface area contributed by atoms with Crippen LogP contribution in [0.2, 0.25) is 0 Å². The van der Waals surface area contributed by atoms with E-state index < -0.39 is 0 Å². The van der Waals surface area contributed by atoms with Gasteiger partial charge in [-0.05, 0) is 37.5 Å². The molecule has 0 N–H and O–H groups in total. The summed E-state index contributed by atoms with van der Waals surface area (Å²) in [6.07, 6.45) is 0. The molecular formula is C16H22O2. The SMILES string of the molecule is CC#CC(C)C(C)c1ccc(OCC)c(OC)c1. The van der Waals surface area contributed by atoms with E-state index in [1.165, 1.54) is 5.56 Å². The van der Waals surface area contributed by atoms with Gasteiger partial charge in [-0.15, -0.1) is 5.92 Å². The number of benzene rings is 1. The lowest BCUT2D eigenvalue weighted by molar-refractivity contribution is 0.310. The molecule has 0 bridgehead atoms. The van der Waals surface area contributed by atoms with Gasteiger partial charge in [0.05, 0.1) is 13.7 Å². The average molecular weight is 246 g/mol.